The molecule has 0 saturated heterocycles. The fourth-order valence-corrected chi connectivity index (χ4v) is 0. The third kappa shape index (κ3) is 461. The number of nitrogens with one attached hydrogen (secondary N) is 3. The largest absolute Gasteiger partial charge is 3.00 e. The van der Waals surface area contributed by atoms with Gasteiger partial charge in [0.25, 0.3) is 5.09 Å². The van der Waals surface area contributed by atoms with Gasteiger partial charge in [0.1, 0.15) is 0 Å². The molecule has 0 aromatic heterocycles. The third-order valence-corrected chi connectivity index (χ3v) is 0.433. The maximum absolute atomic E-state index is 8.36. The van der Waals surface area contributed by atoms with Crippen LogP contribution in [0.15, 0.2) is 0 Å². The fraction of sp³-hybridized carbons (Fsp3) is 1.00. The average molecular weight is 299 g/mol. The van der Waals surface area contributed by atoms with Crippen LogP contribution in [0.5, 0.6) is 0 Å². The summed E-state index contributed by atoms with van der Waals surface area (Å²) in [5.74, 6) is 0. The van der Waals surface area contributed by atoms with Crippen molar-refractivity contribution in [3.8, 4) is 0 Å². The van der Waals surface area contributed by atoms with Gasteiger partial charge in [0, 0.05) is 0 Å². The Bertz CT molecular complexity index is 92.1. The van der Waals surface area contributed by atoms with Crippen molar-refractivity contribution in [1.82, 2.24) is 0 Å². The predicted molar refractivity (Wildman–Crippen MR) is 63.5 cm³/mol. The van der Waals surface area contributed by atoms with Crippen molar-refractivity contribution >= 4 is 0 Å². The third-order valence-electron chi connectivity index (χ3n) is 0.433. The Balaban J connectivity index is -0.0000000369. The van der Waals surface area contributed by atoms with Gasteiger partial charge in [-0.15, -0.1) is 29.7 Å². The SMILES string of the molecule is O=[N+]([O-])O.[Co+3].[NH-]CCN.[NH-]CCN.[NH-]CCN. The van der Waals surface area contributed by atoms with Crippen LogP contribution in [0.1, 0.15) is 0 Å². The molecule has 108 valence electrons. The summed E-state index contributed by atoms with van der Waals surface area (Å²) in [7, 11) is 0. The molecule has 0 aliphatic heterocycles. The van der Waals surface area contributed by atoms with Crippen LogP contribution in [0.2, 0.25) is 0 Å². The monoisotopic (exact) mass is 299 g/mol. The van der Waals surface area contributed by atoms with E-state index in [2.05, 4.69) is 0 Å². The molecule has 0 aliphatic carbocycles. The van der Waals surface area contributed by atoms with Crippen molar-refractivity contribution in [2.75, 3.05) is 39.3 Å². The summed E-state index contributed by atoms with van der Waals surface area (Å²) in [6.07, 6.45) is 0. The molecular formula is C6H22CoN7O3. The van der Waals surface area contributed by atoms with Gasteiger partial charge in [-0.1, -0.05) is 0 Å². The quantitative estimate of drug-likeness (QED) is 0.403. The molecule has 0 rings (SSSR count). The normalized spacial score (nSPS) is 6.71. The second-order valence-corrected chi connectivity index (χ2v) is 1.85. The van der Waals surface area contributed by atoms with Crippen LogP contribution >= 0.6 is 0 Å². The summed E-state index contributed by atoms with van der Waals surface area (Å²) in [6, 6.07) is 0. The molecule has 0 amide bonds. The summed E-state index contributed by atoms with van der Waals surface area (Å²) < 4.78 is 0. The molecule has 17 heavy (non-hydrogen) atoms. The van der Waals surface area contributed by atoms with Gasteiger partial charge in [0.05, 0.1) is 0 Å². The zero-order valence-corrected chi connectivity index (χ0v) is 10.6. The molecule has 0 bridgehead atoms. The summed E-state index contributed by atoms with van der Waals surface area (Å²) in [5.41, 5.74) is 33.5. The van der Waals surface area contributed by atoms with Gasteiger partial charge in [-0.05, 0) is 19.6 Å². The number of rotatable bonds is 3. The Morgan fingerprint density at radius 1 is 0.941 bits per heavy atom. The molecule has 0 fully saturated rings. The molecule has 0 heterocycles. The molecule has 0 unspecified atom stereocenters. The minimum absolute atomic E-state index is 0. The first-order valence-electron chi connectivity index (χ1n) is 4.35. The van der Waals surface area contributed by atoms with E-state index >= 15 is 0 Å². The van der Waals surface area contributed by atoms with Gasteiger partial charge in [-0.2, -0.15) is 0 Å². The van der Waals surface area contributed by atoms with Crippen molar-refractivity contribution in [2.24, 2.45) is 17.2 Å². The Hall–Kier alpha value is -0.534. The van der Waals surface area contributed by atoms with Crippen LogP contribution in [0.4, 0.5) is 0 Å². The predicted octanol–water partition coefficient (Wildman–Crippen LogP) is -0.358. The van der Waals surface area contributed by atoms with Gasteiger partial charge in [-0.25, -0.2) is 0 Å². The summed E-state index contributed by atoms with van der Waals surface area (Å²) >= 11 is 0. The molecule has 0 saturated carbocycles. The Morgan fingerprint density at radius 3 is 1.00 bits per heavy atom. The van der Waals surface area contributed by atoms with E-state index < -0.39 is 5.09 Å². The zero-order chi connectivity index (χ0) is 13.8. The van der Waals surface area contributed by atoms with Crippen LogP contribution < -0.4 is 17.2 Å². The Labute approximate surface area is 111 Å². The number of hydrogen-bond acceptors (Lipinski definition) is 5. The van der Waals surface area contributed by atoms with E-state index in [4.69, 9.17) is 49.7 Å². The second kappa shape index (κ2) is 45.2. The van der Waals surface area contributed by atoms with Gasteiger partial charge in [-0.3, -0.25) is 0 Å². The molecule has 10 N–H and O–H groups in total. The number of nitrogens with two attached hydrogens (primary N) is 3. The topological polar surface area (TPSA) is 213 Å². The van der Waals surface area contributed by atoms with Gasteiger partial charge in [0.15, 0.2) is 0 Å². The van der Waals surface area contributed by atoms with Crippen molar-refractivity contribution < 1.29 is 27.1 Å². The van der Waals surface area contributed by atoms with Crippen LogP contribution in [0.25, 0.3) is 17.2 Å². The molecule has 0 spiro atoms. The van der Waals surface area contributed by atoms with Gasteiger partial charge < -0.3 is 39.6 Å². The first-order chi connectivity index (χ1) is 7.47. The van der Waals surface area contributed by atoms with Gasteiger partial charge >= 0.3 is 16.8 Å². The first-order valence-corrected chi connectivity index (χ1v) is 4.35. The number of hydrogen-bond donors (Lipinski definition) is 4. The second-order valence-electron chi connectivity index (χ2n) is 1.85. The van der Waals surface area contributed by atoms with E-state index in [1.807, 2.05) is 0 Å². The summed E-state index contributed by atoms with van der Waals surface area (Å²) in [5, 5.41) is 13.6. The fourth-order valence-electron chi connectivity index (χ4n) is 0. The molecule has 0 aromatic rings. The minimum Gasteiger partial charge on any atom is -0.676 e. The van der Waals surface area contributed by atoms with E-state index in [1.165, 1.54) is 0 Å². The molecule has 0 aliphatic rings. The number of nitrogens with zero attached hydrogens (tertiary/aromatic N) is 1. The van der Waals surface area contributed by atoms with Gasteiger partial charge in [0.2, 0.25) is 0 Å². The Kier molecular flexibility index (Phi) is 79.6. The van der Waals surface area contributed by atoms with Crippen molar-refractivity contribution in [2.45, 2.75) is 0 Å². The van der Waals surface area contributed by atoms with Crippen LogP contribution in [-0.2, 0) is 16.8 Å². The first kappa shape index (κ1) is 30.0. The summed E-state index contributed by atoms with van der Waals surface area (Å²) in [6.45, 7) is 2.50. The summed E-state index contributed by atoms with van der Waals surface area (Å²) in [4.78, 5) is 8.36. The molecule has 0 atom stereocenters. The van der Waals surface area contributed by atoms with E-state index in [1.54, 1.807) is 0 Å². The molecule has 11 heteroatoms. The molecule has 10 nitrogen and oxygen atoms in total. The average Bonchev–Trinajstić information content (AvgIpc) is 2.28. The van der Waals surface area contributed by atoms with Crippen LogP contribution in [0, 0.1) is 10.1 Å². The van der Waals surface area contributed by atoms with Crippen molar-refractivity contribution in [1.29, 1.82) is 0 Å². The molecule has 0 aromatic carbocycles. The minimum atomic E-state index is -1.50. The molecular weight excluding hydrogens is 277 g/mol. The molecule has 0 radical (unpaired) electrons. The van der Waals surface area contributed by atoms with E-state index in [0.717, 1.165) is 0 Å². The Morgan fingerprint density at radius 2 is 1.00 bits per heavy atom. The smallest absolute Gasteiger partial charge is 0.676 e. The van der Waals surface area contributed by atoms with Crippen molar-refractivity contribution in [3.05, 3.63) is 27.3 Å². The van der Waals surface area contributed by atoms with Crippen molar-refractivity contribution in [3.63, 3.8) is 0 Å². The maximum atomic E-state index is 8.36. The van der Waals surface area contributed by atoms with Crippen LogP contribution in [-0.4, -0.2) is 49.6 Å². The standard InChI is InChI=1S/3C2H7N2.Co.HNO3/c3*3-1-2-4;;2-1(3)4/h3*3H,1-2,4H2;;(H,2,3,4)/q3*-1;+3;. The van der Waals surface area contributed by atoms with Crippen LogP contribution in [0.3, 0.4) is 0 Å². The zero-order valence-electron chi connectivity index (χ0n) is 9.52. The maximum Gasteiger partial charge on any atom is 3.00 e. The van der Waals surface area contributed by atoms with E-state index in [9.17, 15) is 0 Å². The van der Waals surface area contributed by atoms with E-state index in [0.29, 0.717) is 39.3 Å². The van der Waals surface area contributed by atoms with E-state index in [-0.39, 0.29) is 16.8 Å².